The predicted octanol–water partition coefficient (Wildman–Crippen LogP) is 0.962. The molecule has 1 saturated heterocycles. The molecule has 6 heteroatoms. The number of carboxylic acid groups (broad SMARTS) is 1. The van der Waals surface area contributed by atoms with Crippen LogP contribution < -0.4 is 0 Å². The number of amides is 1. The lowest BCUT2D eigenvalue weighted by Gasteiger charge is -2.30. The van der Waals surface area contributed by atoms with E-state index in [1.807, 2.05) is 6.92 Å². The molecule has 6 nitrogen and oxygen atoms in total. The molecule has 1 aliphatic rings. The molecule has 0 aromatic carbocycles. The second-order valence-electron chi connectivity index (χ2n) is 5.17. The SMILES string of the molecule is CCCN(C(=O)Cc1ccncc1)C1COCC1C(=O)O. The Morgan fingerprint density at radius 1 is 1.38 bits per heavy atom. The smallest absolute Gasteiger partial charge is 0.311 e. The molecule has 0 saturated carbocycles. The van der Waals surface area contributed by atoms with E-state index in [9.17, 15) is 14.7 Å². The van der Waals surface area contributed by atoms with E-state index in [0.29, 0.717) is 13.2 Å². The van der Waals surface area contributed by atoms with Crippen LogP contribution in [0, 0.1) is 5.92 Å². The van der Waals surface area contributed by atoms with Crippen molar-refractivity contribution >= 4 is 11.9 Å². The van der Waals surface area contributed by atoms with E-state index in [1.54, 1.807) is 29.4 Å². The minimum absolute atomic E-state index is 0.0650. The van der Waals surface area contributed by atoms with Gasteiger partial charge in [0.2, 0.25) is 5.91 Å². The molecule has 1 amide bonds. The second kappa shape index (κ2) is 7.17. The van der Waals surface area contributed by atoms with Gasteiger partial charge in [0.05, 0.1) is 25.7 Å². The number of carbonyl (C=O) groups is 2. The third-order valence-electron chi connectivity index (χ3n) is 3.66. The summed E-state index contributed by atoms with van der Waals surface area (Å²) in [5, 5.41) is 9.25. The molecule has 1 fully saturated rings. The van der Waals surface area contributed by atoms with E-state index in [1.165, 1.54) is 0 Å². The Morgan fingerprint density at radius 2 is 2.10 bits per heavy atom. The van der Waals surface area contributed by atoms with E-state index >= 15 is 0 Å². The maximum absolute atomic E-state index is 12.5. The van der Waals surface area contributed by atoms with E-state index in [0.717, 1.165) is 12.0 Å². The average Bonchev–Trinajstić information content (AvgIpc) is 2.95. The van der Waals surface area contributed by atoms with Crippen LogP contribution in [0.4, 0.5) is 0 Å². The van der Waals surface area contributed by atoms with Crippen LogP contribution in [0.1, 0.15) is 18.9 Å². The van der Waals surface area contributed by atoms with Crippen LogP contribution >= 0.6 is 0 Å². The molecule has 114 valence electrons. The molecule has 0 bridgehead atoms. The number of carbonyl (C=O) groups excluding carboxylic acids is 1. The fraction of sp³-hybridized carbons (Fsp3) is 0.533. The van der Waals surface area contributed by atoms with Gasteiger partial charge >= 0.3 is 5.97 Å². The third kappa shape index (κ3) is 3.78. The number of aliphatic carboxylic acids is 1. The Bertz CT molecular complexity index is 492. The highest BCUT2D eigenvalue weighted by Gasteiger charge is 2.39. The second-order valence-corrected chi connectivity index (χ2v) is 5.17. The lowest BCUT2D eigenvalue weighted by molar-refractivity contribution is -0.145. The summed E-state index contributed by atoms with van der Waals surface area (Å²) in [6, 6.07) is 3.21. The molecule has 2 unspecified atom stereocenters. The van der Waals surface area contributed by atoms with E-state index in [4.69, 9.17) is 4.74 Å². The van der Waals surface area contributed by atoms with Crippen molar-refractivity contribution in [3.63, 3.8) is 0 Å². The summed E-state index contributed by atoms with van der Waals surface area (Å²) in [5.41, 5.74) is 0.877. The molecule has 0 aliphatic carbocycles. The number of nitrogens with zero attached hydrogens (tertiary/aromatic N) is 2. The van der Waals surface area contributed by atoms with Crippen LogP contribution in [0.5, 0.6) is 0 Å². The lowest BCUT2D eigenvalue weighted by atomic mass is 10.0. The summed E-state index contributed by atoms with van der Waals surface area (Å²) in [7, 11) is 0. The van der Waals surface area contributed by atoms with Gasteiger partial charge in [0.1, 0.15) is 5.92 Å². The first kappa shape index (κ1) is 15.4. The number of rotatable bonds is 6. The summed E-state index contributed by atoms with van der Waals surface area (Å²) in [6.07, 6.45) is 4.33. The Kier molecular flexibility index (Phi) is 5.27. The highest BCUT2D eigenvalue weighted by atomic mass is 16.5. The van der Waals surface area contributed by atoms with Gasteiger partial charge in [-0.15, -0.1) is 0 Å². The lowest BCUT2D eigenvalue weighted by Crippen LogP contribution is -2.47. The van der Waals surface area contributed by atoms with Crippen molar-refractivity contribution in [3.05, 3.63) is 30.1 Å². The molecule has 2 rings (SSSR count). The largest absolute Gasteiger partial charge is 0.481 e. The van der Waals surface area contributed by atoms with Gasteiger partial charge in [0.25, 0.3) is 0 Å². The molecule has 0 spiro atoms. The molecular weight excluding hydrogens is 272 g/mol. The van der Waals surface area contributed by atoms with Crippen LogP contribution in [0.2, 0.25) is 0 Å². The maximum Gasteiger partial charge on any atom is 0.311 e. The normalized spacial score (nSPS) is 21.2. The Morgan fingerprint density at radius 3 is 2.71 bits per heavy atom. The van der Waals surface area contributed by atoms with Crippen LogP contribution in [-0.2, 0) is 20.7 Å². The molecule has 1 N–H and O–H groups in total. The quantitative estimate of drug-likeness (QED) is 0.845. The standard InChI is InChI=1S/C15H20N2O4/c1-2-7-17(13-10-21-9-12(13)15(19)20)14(18)8-11-3-5-16-6-4-11/h3-6,12-13H,2,7-10H2,1H3,(H,19,20). The topological polar surface area (TPSA) is 79.7 Å². The van der Waals surface area contributed by atoms with Crippen molar-refractivity contribution in [2.24, 2.45) is 5.92 Å². The molecule has 1 aromatic rings. The summed E-state index contributed by atoms with van der Waals surface area (Å²) in [4.78, 5) is 29.4. The average molecular weight is 292 g/mol. The minimum Gasteiger partial charge on any atom is -0.481 e. The Balaban J connectivity index is 2.10. The summed E-state index contributed by atoms with van der Waals surface area (Å²) < 4.78 is 5.27. The molecule has 2 heterocycles. The van der Waals surface area contributed by atoms with Crippen molar-refractivity contribution in [2.45, 2.75) is 25.8 Å². The zero-order valence-electron chi connectivity index (χ0n) is 12.1. The first-order valence-electron chi connectivity index (χ1n) is 7.12. The highest BCUT2D eigenvalue weighted by molar-refractivity contribution is 5.80. The molecular formula is C15H20N2O4. The Labute approximate surface area is 123 Å². The van der Waals surface area contributed by atoms with Crippen molar-refractivity contribution < 1.29 is 19.4 Å². The molecule has 1 aliphatic heterocycles. The molecule has 1 aromatic heterocycles. The van der Waals surface area contributed by atoms with Crippen LogP contribution in [-0.4, -0.2) is 52.7 Å². The summed E-state index contributed by atoms with van der Waals surface area (Å²) in [6.45, 7) is 2.97. The minimum atomic E-state index is -0.907. The predicted molar refractivity (Wildman–Crippen MR) is 75.7 cm³/mol. The number of hydrogen-bond donors (Lipinski definition) is 1. The number of carboxylic acids is 1. The summed E-state index contributed by atoms with van der Waals surface area (Å²) in [5.74, 6) is -1.61. The number of ether oxygens (including phenoxy) is 1. The van der Waals surface area contributed by atoms with E-state index in [-0.39, 0.29) is 25.0 Å². The molecule has 21 heavy (non-hydrogen) atoms. The van der Waals surface area contributed by atoms with E-state index in [2.05, 4.69) is 4.98 Å². The zero-order valence-corrected chi connectivity index (χ0v) is 12.1. The first-order valence-corrected chi connectivity index (χ1v) is 7.12. The van der Waals surface area contributed by atoms with Crippen molar-refractivity contribution in [3.8, 4) is 0 Å². The van der Waals surface area contributed by atoms with Gasteiger partial charge in [0.15, 0.2) is 0 Å². The summed E-state index contributed by atoms with van der Waals surface area (Å²) >= 11 is 0. The van der Waals surface area contributed by atoms with Gasteiger partial charge in [-0.1, -0.05) is 6.92 Å². The fourth-order valence-electron chi connectivity index (χ4n) is 2.58. The van der Waals surface area contributed by atoms with Crippen LogP contribution in [0.25, 0.3) is 0 Å². The highest BCUT2D eigenvalue weighted by Crippen LogP contribution is 2.21. The van der Waals surface area contributed by atoms with Gasteiger partial charge in [-0.2, -0.15) is 0 Å². The van der Waals surface area contributed by atoms with Gasteiger partial charge in [-0.05, 0) is 24.1 Å². The van der Waals surface area contributed by atoms with Gasteiger partial charge in [-0.3, -0.25) is 14.6 Å². The van der Waals surface area contributed by atoms with Crippen molar-refractivity contribution in [1.29, 1.82) is 0 Å². The number of pyridine rings is 1. The molecule has 2 atom stereocenters. The van der Waals surface area contributed by atoms with Crippen LogP contribution in [0.15, 0.2) is 24.5 Å². The third-order valence-corrected chi connectivity index (χ3v) is 3.66. The van der Waals surface area contributed by atoms with Crippen molar-refractivity contribution in [1.82, 2.24) is 9.88 Å². The van der Waals surface area contributed by atoms with Gasteiger partial charge in [-0.25, -0.2) is 0 Å². The zero-order chi connectivity index (χ0) is 15.2. The van der Waals surface area contributed by atoms with Gasteiger partial charge < -0.3 is 14.7 Å². The first-order chi connectivity index (χ1) is 10.1. The van der Waals surface area contributed by atoms with Gasteiger partial charge in [0, 0.05) is 18.9 Å². The number of aromatic nitrogens is 1. The van der Waals surface area contributed by atoms with E-state index < -0.39 is 11.9 Å². The van der Waals surface area contributed by atoms with Crippen molar-refractivity contribution in [2.75, 3.05) is 19.8 Å². The fourth-order valence-corrected chi connectivity index (χ4v) is 2.58. The number of hydrogen-bond acceptors (Lipinski definition) is 4. The Hall–Kier alpha value is -1.95. The molecule has 0 radical (unpaired) electrons. The maximum atomic E-state index is 12.5. The monoisotopic (exact) mass is 292 g/mol. The van der Waals surface area contributed by atoms with Crippen LogP contribution in [0.3, 0.4) is 0 Å².